The number of nitrogens with zero attached hydrogens (tertiary/aromatic N) is 1. The van der Waals surface area contributed by atoms with Gasteiger partial charge in [0.15, 0.2) is 0 Å². The minimum Gasteiger partial charge on any atom is -0.338 e. The molecule has 78 valence electrons. The molecule has 2 N–H and O–H groups in total. The molecule has 0 aliphatic heterocycles. The van der Waals surface area contributed by atoms with Crippen molar-refractivity contribution in [2.45, 2.75) is 20.3 Å². The third-order valence-electron chi connectivity index (χ3n) is 1.60. The maximum absolute atomic E-state index is 11.2. The van der Waals surface area contributed by atoms with Crippen molar-refractivity contribution in [2.24, 2.45) is 0 Å². The molecule has 1 heterocycles. The molecule has 0 spiro atoms. The van der Waals surface area contributed by atoms with Gasteiger partial charge in [-0.1, -0.05) is 12.1 Å². The van der Waals surface area contributed by atoms with Crippen molar-refractivity contribution in [3.63, 3.8) is 0 Å². The summed E-state index contributed by atoms with van der Waals surface area (Å²) in [6.07, 6.45) is 1.01. The van der Waals surface area contributed by atoms with E-state index in [0.29, 0.717) is 12.4 Å². The number of aromatic nitrogens is 1. The zero-order chi connectivity index (χ0) is 10.4. The van der Waals surface area contributed by atoms with Gasteiger partial charge in [-0.05, 0) is 19.9 Å². The lowest BCUT2D eigenvalue weighted by atomic mass is 10.4. The smallest absolute Gasteiger partial charge is 0.240 e. The normalized spacial score (nSPS) is 10.1. The van der Waals surface area contributed by atoms with Crippen LogP contribution in [-0.2, 0) is 4.79 Å². The van der Waals surface area contributed by atoms with E-state index in [2.05, 4.69) is 15.8 Å². The number of hydrogen-bond acceptors (Lipinski definition) is 4. The van der Waals surface area contributed by atoms with Crippen LogP contribution in [-0.4, -0.2) is 24.2 Å². The lowest BCUT2D eigenvalue weighted by molar-refractivity contribution is -0.115. The Labute approximate surface area is 82.8 Å². The molecular weight excluding hydrogens is 182 g/mol. The standard InChI is InChI=1S/C9H15N3O2/c1-3-4-10-6-8(13)11-9-5-7(2)12-14-9/h5,10H,3-4,6H2,1-2H3,(H,11,13). The highest BCUT2D eigenvalue weighted by molar-refractivity contribution is 5.90. The van der Waals surface area contributed by atoms with Crippen LogP contribution in [0, 0.1) is 6.92 Å². The van der Waals surface area contributed by atoms with Gasteiger partial charge < -0.3 is 9.84 Å². The molecule has 5 nitrogen and oxygen atoms in total. The van der Waals surface area contributed by atoms with Crippen LogP contribution in [0.1, 0.15) is 19.0 Å². The van der Waals surface area contributed by atoms with Crippen molar-refractivity contribution in [1.29, 1.82) is 0 Å². The van der Waals surface area contributed by atoms with Gasteiger partial charge in [-0.25, -0.2) is 0 Å². The summed E-state index contributed by atoms with van der Waals surface area (Å²) in [6, 6.07) is 1.68. The molecule has 0 aromatic carbocycles. The van der Waals surface area contributed by atoms with Gasteiger partial charge in [0, 0.05) is 6.07 Å². The maximum Gasteiger partial charge on any atom is 0.240 e. The van der Waals surface area contributed by atoms with Gasteiger partial charge >= 0.3 is 0 Å². The number of carbonyl (C=O) groups is 1. The molecule has 1 amide bonds. The van der Waals surface area contributed by atoms with Crippen LogP contribution in [0.5, 0.6) is 0 Å². The van der Waals surface area contributed by atoms with Gasteiger partial charge in [-0.2, -0.15) is 0 Å². The van der Waals surface area contributed by atoms with Crippen LogP contribution in [0.25, 0.3) is 0 Å². The summed E-state index contributed by atoms with van der Waals surface area (Å²) in [6.45, 7) is 4.98. The Hall–Kier alpha value is -1.36. The lowest BCUT2D eigenvalue weighted by Gasteiger charge is -2.01. The van der Waals surface area contributed by atoms with E-state index >= 15 is 0 Å². The number of aryl methyl sites for hydroxylation is 1. The van der Waals surface area contributed by atoms with Gasteiger partial charge in [-0.15, -0.1) is 0 Å². The van der Waals surface area contributed by atoms with Crippen molar-refractivity contribution in [3.05, 3.63) is 11.8 Å². The molecule has 0 aliphatic carbocycles. The van der Waals surface area contributed by atoms with Crippen molar-refractivity contribution in [3.8, 4) is 0 Å². The van der Waals surface area contributed by atoms with Gasteiger partial charge in [0.2, 0.25) is 11.8 Å². The average molecular weight is 197 g/mol. The maximum atomic E-state index is 11.2. The summed E-state index contributed by atoms with van der Waals surface area (Å²) in [5.41, 5.74) is 0.752. The first kappa shape index (κ1) is 10.7. The van der Waals surface area contributed by atoms with Gasteiger partial charge in [-0.3, -0.25) is 10.1 Å². The van der Waals surface area contributed by atoms with E-state index in [4.69, 9.17) is 4.52 Å². The predicted octanol–water partition coefficient (Wildman–Crippen LogP) is 0.921. The van der Waals surface area contributed by atoms with E-state index in [9.17, 15) is 4.79 Å². The van der Waals surface area contributed by atoms with E-state index in [1.807, 2.05) is 6.92 Å². The van der Waals surface area contributed by atoms with Crippen molar-refractivity contribution in [2.75, 3.05) is 18.4 Å². The monoisotopic (exact) mass is 197 g/mol. The third kappa shape index (κ3) is 3.57. The zero-order valence-corrected chi connectivity index (χ0v) is 8.46. The molecule has 14 heavy (non-hydrogen) atoms. The highest BCUT2D eigenvalue weighted by Crippen LogP contribution is 2.07. The Kier molecular flexibility index (Phi) is 4.12. The number of carbonyl (C=O) groups excluding carboxylic acids is 1. The van der Waals surface area contributed by atoms with E-state index < -0.39 is 0 Å². The number of hydrogen-bond donors (Lipinski definition) is 2. The number of rotatable bonds is 5. The zero-order valence-electron chi connectivity index (χ0n) is 8.46. The molecule has 1 aromatic rings. The molecule has 0 saturated carbocycles. The Morgan fingerprint density at radius 1 is 1.64 bits per heavy atom. The van der Waals surface area contributed by atoms with Crippen molar-refractivity contribution < 1.29 is 9.32 Å². The van der Waals surface area contributed by atoms with Crippen LogP contribution in [0.4, 0.5) is 5.88 Å². The first-order chi connectivity index (χ1) is 6.72. The van der Waals surface area contributed by atoms with E-state index in [-0.39, 0.29) is 5.91 Å². The van der Waals surface area contributed by atoms with Crippen LogP contribution >= 0.6 is 0 Å². The molecule has 0 aliphatic rings. The fourth-order valence-electron chi connectivity index (χ4n) is 0.983. The van der Waals surface area contributed by atoms with Crippen LogP contribution < -0.4 is 10.6 Å². The fraction of sp³-hybridized carbons (Fsp3) is 0.556. The molecule has 0 radical (unpaired) electrons. The molecule has 0 bridgehead atoms. The van der Waals surface area contributed by atoms with Gasteiger partial charge in [0.25, 0.3) is 0 Å². The van der Waals surface area contributed by atoms with E-state index in [1.54, 1.807) is 13.0 Å². The molecule has 0 unspecified atom stereocenters. The summed E-state index contributed by atoms with van der Waals surface area (Å²) in [7, 11) is 0. The quantitative estimate of drug-likeness (QED) is 0.689. The van der Waals surface area contributed by atoms with Crippen molar-refractivity contribution >= 4 is 11.8 Å². The number of amides is 1. The minimum absolute atomic E-state index is 0.116. The highest BCUT2D eigenvalue weighted by Gasteiger charge is 2.04. The average Bonchev–Trinajstić information content (AvgIpc) is 2.52. The summed E-state index contributed by atoms with van der Waals surface area (Å²) in [4.78, 5) is 11.2. The Bertz CT molecular complexity index is 296. The molecular formula is C9H15N3O2. The molecule has 0 saturated heterocycles. The van der Waals surface area contributed by atoms with Gasteiger partial charge in [0.05, 0.1) is 12.2 Å². The van der Waals surface area contributed by atoms with Gasteiger partial charge in [0.1, 0.15) is 0 Å². The van der Waals surface area contributed by atoms with E-state index in [1.165, 1.54) is 0 Å². The lowest BCUT2D eigenvalue weighted by Crippen LogP contribution is -2.28. The Balaban J connectivity index is 2.27. The van der Waals surface area contributed by atoms with Crippen molar-refractivity contribution in [1.82, 2.24) is 10.5 Å². The SMILES string of the molecule is CCCNCC(=O)Nc1cc(C)no1. The summed E-state index contributed by atoms with van der Waals surface area (Å²) < 4.78 is 4.83. The minimum atomic E-state index is -0.116. The third-order valence-corrected chi connectivity index (χ3v) is 1.60. The number of anilines is 1. The Morgan fingerprint density at radius 3 is 3.00 bits per heavy atom. The number of nitrogens with one attached hydrogen (secondary N) is 2. The molecule has 5 heteroatoms. The topological polar surface area (TPSA) is 67.2 Å². The highest BCUT2D eigenvalue weighted by atomic mass is 16.5. The summed E-state index contributed by atoms with van der Waals surface area (Å²) in [5.74, 6) is 0.278. The van der Waals surface area contributed by atoms with Crippen LogP contribution in [0.2, 0.25) is 0 Å². The second kappa shape index (κ2) is 5.39. The van der Waals surface area contributed by atoms with E-state index in [0.717, 1.165) is 18.7 Å². The largest absolute Gasteiger partial charge is 0.338 e. The first-order valence-corrected chi connectivity index (χ1v) is 4.66. The first-order valence-electron chi connectivity index (χ1n) is 4.66. The predicted molar refractivity (Wildman–Crippen MR) is 53.0 cm³/mol. The molecule has 0 fully saturated rings. The fourth-order valence-corrected chi connectivity index (χ4v) is 0.983. The molecule has 0 atom stereocenters. The summed E-state index contributed by atoms with van der Waals surface area (Å²) in [5, 5.41) is 9.23. The second-order valence-corrected chi connectivity index (χ2v) is 3.06. The second-order valence-electron chi connectivity index (χ2n) is 3.06. The Morgan fingerprint density at radius 2 is 2.43 bits per heavy atom. The van der Waals surface area contributed by atoms with Crippen LogP contribution in [0.3, 0.4) is 0 Å². The molecule has 1 aromatic heterocycles. The molecule has 1 rings (SSSR count). The summed E-state index contributed by atoms with van der Waals surface area (Å²) >= 11 is 0. The van der Waals surface area contributed by atoms with Crippen LogP contribution in [0.15, 0.2) is 10.6 Å².